The average Bonchev–Trinajstić information content (AvgIpc) is 2.68. The molecule has 25 heavy (non-hydrogen) atoms. The number of hydrogen-bond acceptors (Lipinski definition) is 5. The van der Waals surface area contributed by atoms with Gasteiger partial charge in [-0.3, -0.25) is 0 Å². The van der Waals surface area contributed by atoms with Crippen molar-refractivity contribution >= 4 is 26.6 Å². The normalized spacial score (nSPS) is 16.2. The van der Waals surface area contributed by atoms with Gasteiger partial charge in [0.15, 0.2) is 5.82 Å². The Balaban J connectivity index is 1.54. The zero-order valence-electron chi connectivity index (χ0n) is 13.6. The Hall–Kier alpha value is -2.51. The molecule has 4 rings (SSSR count). The van der Waals surface area contributed by atoms with Gasteiger partial charge in [-0.2, -0.15) is 9.40 Å². The van der Waals surface area contributed by atoms with Crippen molar-refractivity contribution < 1.29 is 8.42 Å². The van der Waals surface area contributed by atoms with Gasteiger partial charge in [-0.15, -0.1) is 5.10 Å². The van der Waals surface area contributed by atoms with E-state index in [0.717, 1.165) is 16.6 Å². The summed E-state index contributed by atoms with van der Waals surface area (Å²) in [6.07, 6.45) is 1.63. The van der Waals surface area contributed by atoms with E-state index < -0.39 is 10.0 Å². The summed E-state index contributed by atoms with van der Waals surface area (Å²) in [6, 6.07) is 16.8. The Kier molecular flexibility index (Phi) is 4.10. The first kappa shape index (κ1) is 16.0. The first-order valence-electron chi connectivity index (χ1n) is 8.16. The Morgan fingerprint density at radius 1 is 0.840 bits per heavy atom. The molecule has 0 atom stereocenters. The highest BCUT2D eigenvalue weighted by atomic mass is 32.2. The maximum atomic E-state index is 13.0. The topological polar surface area (TPSA) is 66.4 Å². The zero-order valence-corrected chi connectivity index (χ0v) is 14.4. The van der Waals surface area contributed by atoms with Gasteiger partial charge < -0.3 is 4.90 Å². The monoisotopic (exact) mass is 354 g/mol. The molecule has 1 aliphatic rings. The number of rotatable bonds is 3. The van der Waals surface area contributed by atoms with Gasteiger partial charge in [0.1, 0.15) is 0 Å². The van der Waals surface area contributed by atoms with E-state index >= 15 is 0 Å². The molecule has 128 valence electrons. The summed E-state index contributed by atoms with van der Waals surface area (Å²) in [6.45, 7) is 2.08. The molecule has 0 N–H and O–H groups in total. The van der Waals surface area contributed by atoms with Crippen LogP contribution in [0, 0.1) is 0 Å². The van der Waals surface area contributed by atoms with Crippen LogP contribution in [0.15, 0.2) is 65.7 Å². The van der Waals surface area contributed by atoms with Crippen LogP contribution in [0.25, 0.3) is 10.8 Å². The largest absolute Gasteiger partial charge is 0.352 e. The van der Waals surface area contributed by atoms with Gasteiger partial charge in [-0.1, -0.05) is 30.3 Å². The zero-order chi connectivity index (χ0) is 17.3. The number of piperazine rings is 1. The van der Waals surface area contributed by atoms with Gasteiger partial charge in [-0.25, -0.2) is 8.42 Å². The Morgan fingerprint density at radius 2 is 1.60 bits per heavy atom. The molecule has 6 nitrogen and oxygen atoms in total. The second kappa shape index (κ2) is 6.42. The molecular weight excluding hydrogens is 336 g/mol. The van der Waals surface area contributed by atoms with Crippen molar-refractivity contribution in [1.29, 1.82) is 0 Å². The molecule has 0 unspecified atom stereocenters. The standard InChI is InChI=1S/C18H18N4O2S/c23-25(24,17-8-7-15-4-1-2-5-16(15)14-17)22-12-10-21(11-13-22)18-6-3-9-19-20-18/h1-9,14H,10-13H2. The maximum Gasteiger partial charge on any atom is 0.243 e. The molecule has 2 aromatic carbocycles. The number of aromatic nitrogens is 2. The van der Waals surface area contributed by atoms with Crippen molar-refractivity contribution in [3.63, 3.8) is 0 Å². The molecule has 0 amide bonds. The van der Waals surface area contributed by atoms with Crippen LogP contribution in [0.5, 0.6) is 0 Å². The van der Waals surface area contributed by atoms with E-state index in [0.29, 0.717) is 31.1 Å². The van der Waals surface area contributed by atoms with Gasteiger partial charge in [0.2, 0.25) is 10.0 Å². The van der Waals surface area contributed by atoms with E-state index in [9.17, 15) is 8.42 Å². The Morgan fingerprint density at radius 3 is 2.32 bits per heavy atom. The summed E-state index contributed by atoms with van der Waals surface area (Å²) in [5.74, 6) is 0.783. The van der Waals surface area contributed by atoms with E-state index in [-0.39, 0.29) is 0 Å². The van der Waals surface area contributed by atoms with Crippen LogP contribution in [0.4, 0.5) is 5.82 Å². The van der Waals surface area contributed by atoms with Crippen LogP contribution in [-0.4, -0.2) is 49.1 Å². The fraction of sp³-hybridized carbons (Fsp3) is 0.222. The summed E-state index contributed by atoms with van der Waals surface area (Å²) in [5, 5.41) is 9.94. The van der Waals surface area contributed by atoms with Gasteiger partial charge in [-0.05, 0) is 35.0 Å². The van der Waals surface area contributed by atoms with Crippen molar-refractivity contribution in [1.82, 2.24) is 14.5 Å². The molecule has 0 saturated carbocycles. The molecule has 2 heterocycles. The molecule has 0 spiro atoms. The molecule has 7 heteroatoms. The number of hydrogen-bond donors (Lipinski definition) is 0. The first-order valence-corrected chi connectivity index (χ1v) is 9.60. The third-order valence-corrected chi connectivity index (χ3v) is 6.37. The van der Waals surface area contributed by atoms with E-state index in [1.54, 1.807) is 22.6 Å². The molecular formula is C18H18N4O2S. The van der Waals surface area contributed by atoms with Crippen molar-refractivity contribution in [2.45, 2.75) is 4.90 Å². The quantitative estimate of drug-likeness (QED) is 0.721. The van der Waals surface area contributed by atoms with Crippen molar-refractivity contribution in [2.75, 3.05) is 31.1 Å². The Bertz CT molecular complexity index is 984. The second-order valence-electron chi connectivity index (χ2n) is 5.98. The van der Waals surface area contributed by atoms with E-state index in [2.05, 4.69) is 15.1 Å². The lowest BCUT2D eigenvalue weighted by Crippen LogP contribution is -2.48. The van der Waals surface area contributed by atoms with Gasteiger partial charge in [0.05, 0.1) is 4.90 Å². The fourth-order valence-electron chi connectivity index (χ4n) is 3.10. The smallest absolute Gasteiger partial charge is 0.243 e. The van der Waals surface area contributed by atoms with Gasteiger partial charge in [0, 0.05) is 32.4 Å². The third kappa shape index (κ3) is 3.08. The van der Waals surface area contributed by atoms with E-state index in [4.69, 9.17) is 0 Å². The molecule has 1 aromatic heterocycles. The molecule has 3 aromatic rings. The molecule has 0 aliphatic carbocycles. The van der Waals surface area contributed by atoms with Crippen molar-refractivity contribution in [3.8, 4) is 0 Å². The highest BCUT2D eigenvalue weighted by Gasteiger charge is 2.29. The minimum Gasteiger partial charge on any atom is -0.352 e. The summed E-state index contributed by atoms with van der Waals surface area (Å²) in [5.41, 5.74) is 0. The lowest BCUT2D eigenvalue weighted by atomic mass is 10.1. The summed E-state index contributed by atoms with van der Waals surface area (Å²) in [7, 11) is -3.49. The maximum absolute atomic E-state index is 13.0. The number of fused-ring (bicyclic) bond motifs is 1. The van der Waals surface area contributed by atoms with E-state index in [1.807, 2.05) is 42.5 Å². The lowest BCUT2D eigenvalue weighted by Gasteiger charge is -2.34. The van der Waals surface area contributed by atoms with Crippen LogP contribution in [0.3, 0.4) is 0 Å². The second-order valence-corrected chi connectivity index (χ2v) is 7.92. The number of sulfonamides is 1. The SMILES string of the molecule is O=S(=O)(c1ccc2ccccc2c1)N1CCN(c2cccnn2)CC1. The minimum atomic E-state index is -3.49. The molecule has 0 radical (unpaired) electrons. The molecule has 1 fully saturated rings. The number of anilines is 1. The fourth-order valence-corrected chi connectivity index (χ4v) is 4.55. The predicted octanol–water partition coefficient (Wildman–Crippen LogP) is 2.14. The Labute approximate surface area is 146 Å². The molecule has 1 saturated heterocycles. The molecule has 0 bridgehead atoms. The van der Waals surface area contributed by atoms with Crippen LogP contribution in [0.1, 0.15) is 0 Å². The summed E-state index contributed by atoms with van der Waals surface area (Å²) in [4.78, 5) is 2.40. The highest BCUT2D eigenvalue weighted by molar-refractivity contribution is 7.89. The first-order chi connectivity index (χ1) is 12.1. The van der Waals surface area contributed by atoms with Gasteiger partial charge >= 0.3 is 0 Å². The van der Waals surface area contributed by atoms with Crippen LogP contribution in [0.2, 0.25) is 0 Å². The van der Waals surface area contributed by atoms with Crippen LogP contribution < -0.4 is 4.90 Å². The van der Waals surface area contributed by atoms with Gasteiger partial charge in [0.25, 0.3) is 0 Å². The van der Waals surface area contributed by atoms with Crippen LogP contribution >= 0.6 is 0 Å². The number of nitrogens with zero attached hydrogens (tertiary/aromatic N) is 4. The lowest BCUT2D eigenvalue weighted by molar-refractivity contribution is 0.383. The summed E-state index contributed by atoms with van der Waals surface area (Å²) < 4.78 is 27.5. The predicted molar refractivity (Wildman–Crippen MR) is 97.0 cm³/mol. The average molecular weight is 354 g/mol. The van der Waals surface area contributed by atoms with Crippen molar-refractivity contribution in [2.24, 2.45) is 0 Å². The van der Waals surface area contributed by atoms with Crippen LogP contribution in [-0.2, 0) is 10.0 Å². The van der Waals surface area contributed by atoms with E-state index in [1.165, 1.54) is 0 Å². The third-order valence-electron chi connectivity index (χ3n) is 4.48. The highest BCUT2D eigenvalue weighted by Crippen LogP contribution is 2.23. The minimum absolute atomic E-state index is 0.346. The number of benzene rings is 2. The molecule has 1 aliphatic heterocycles. The van der Waals surface area contributed by atoms with Crippen molar-refractivity contribution in [3.05, 3.63) is 60.8 Å². The summed E-state index contributed by atoms with van der Waals surface area (Å²) >= 11 is 0.